The Labute approximate surface area is 156 Å². The zero-order valence-electron chi connectivity index (χ0n) is 14.7. The van der Waals surface area contributed by atoms with E-state index in [1.54, 1.807) is 36.4 Å². The van der Waals surface area contributed by atoms with Gasteiger partial charge in [-0.05, 0) is 61.0 Å². The topological polar surface area (TPSA) is 90.5 Å². The molecule has 0 fully saturated rings. The van der Waals surface area contributed by atoms with Gasteiger partial charge in [-0.25, -0.2) is 0 Å². The number of carbonyl (C=O) groups excluding carboxylic acids is 2. The van der Waals surface area contributed by atoms with E-state index in [4.69, 9.17) is 0 Å². The Hall–Kier alpha value is -3.80. The van der Waals surface area contributed by atoms with Gasteiger partial charge in [-0.15, -0.1) is 0 Å². The first kappa shape index (κ1) is 18.0. The van der Waals surface area contributed by atoms with E-state index in [0.717, 1.165) is 16.9 Å². The molecule has 0 unspecified atom stereocenters. The summed E-state index contributed by atoms with van der Waals surface area (Å²) in [6.07, 6.45) is 0. The normalized spacial score (nSPS) is 10.1. The van der Waals surface area contributed by atoms with Gasteiger partial charge in [0, 0.05) is 17.1 Å². The lowest BCUT2D eigenvalue weighted by Crippen LogP contribution is -2.29. The molecule has 6 heteroatoms. The van der Waals surface area contributed by atoms with E-state index in [9.17, 15) is 14.7 Å². The number of phenols is 1. The van der Waals surface area contributed by atoms with Crippen LogP contribution in [0.5, 0.6) is 5.75 Å². The molecule has 27 heavy (non-hydrogen) atoms. The van der Waals surface area contributed by atoms with E-state index < -0.39 is 11.8 Å². The maximum absolute atomic E-state index is 12.1. The van der Waals surface area contributed by atoms with Crippen molar-refractivity contribution in [2.24, 2.45) is 0 Å². The van der Waals surface area contributed by atoms with Crippen molar-refractivity contribution in [3.63, 3.8) is 0 Å². The third-order valence-corrected chi connectivity index (χ3v) is 3.81. The van der Waals surface area contributed by atoms with Crippen LogP contribution in [0.15, 0.2) is 72.8 Å². The van der Waals surface area contributed by atoms with Gasteiger partial charge in [0.15, 0.2) is 0 Å². The summed E-state index contributed by atoms with van der Waals surface area (Å²) >= 11 is 0. The van der Waals surface area contributed by atoms with Gasteiger partial charge in [0.1, 0.15) is 5.75 Å². The Morgan fingerprint density at radius 3 is 2.04 bits per heavy atom. The molecule has 0 aliphatic heterocycles. The van der Waals surface area contributed by atoms with Crippen molar-refractivity contribution in [2.75, 3.05) is 16.0 Å². The lowest BCUT2D eigenvalue weighted by atomic mass is 10.2. The molecule has 0 atom stereocenters. The molecule has 2 amide bonds. The Morgan fingerprint density at radius 2 is 1.33 bits per heavy atom. The highest BCUT2D eigenvalue weighted by molar-refractivity contribution is 6.43. The number of rotatable bonds is 4. The molecule has 0 aromatic heterocycles. The number of anilines is 4. The fraction of sp³-hybridized carbons (Fsp3) is 0.0476. The Morgan fingerprint density at radius 1 is 0.741 bits per heavy atom. The zero-order valence-corrected chi connectivity index (χ0v) is 14.7. The highest BCUT2D eigenvalue weighted by Crippen LogP contribution is 2.24. The third-order valence-electron chi connectivity index (χ3n) is 3.81. The number of aryl methyl sites for hydroxylation is 1. The molecular weight excluding hydrogens is 342 g/mol. The van der Waals surface area contributed by atoms with Crippen molar-refractivity contribution in [1.29, 1.82) is 0 Å². The first-order valence-electron chi connectivity index (χ1n) is 8.35. The predicted octanol–water partition coefficient (Wildman–Crippen LogP) is 4.02. The quantitative estimate of drug-likeness (QED) is 0.417. The molecule has 0 aliphatic carbocycles. The van der Waals surface area contributed by atoms with Crippen molar-refractivity contribution in [3.8, 4) is 5.75 Å². The van der Waals surface area contributed by atoms with Gasteiger partial charge in [-0.3, -0.25) is 9.59 Å². The molecule has 136 valence electrons. The second-order valence-electron chi connectivity index (χ2n) is 6.00. The highest BCUT2D eigenvalue weighted by Gasteiger charge is 2.15. The highest BCUT2D eigenvalue weighted by atomic mass is 16.3. The van der Waals surface area contributed by atoms with Crippen LogP contribution in [0.4, 0.5) is 22.7 Å². The van der Waals surface area contributed by atoms with E-state index >= 15 is 0 Å². The summed E-state index contributed by atoms with van der Waals surface area (Å²) in [5.74, 6) is -1.78. The number of hydrogen-bond donors (Lipinski definition) is 4. The van der Waals surface area contributed by atoms with E-state index in [0.29, 0.717) is 5.69 Å². The largest absolute Gasteiger partial charge is 0.506 e. The summed E-state index contributed by atoms with van der Waals surface area (Å²) in [4.78, 5) is 24.1. The number of hydrogen-bond acceptors (Lipinski definition) is 4. The number of benzene rings is 3. The molecule has 0 saturated carbocycles. The summed E-state index contributed by atoms with van der Waals surface area (Å²) < 4.78 is 0. The Kier molecular flexibility index (Phi) is 5.37. The van der Waals surface area contributed by atoms with Crippen LogP contribution in [0.25, 0.3) is 0 Å². The first-order valence-corrected chi connectivity index (χ1v) is 8.35. The van der Waals surface area contributed by atoms with Crippen LogP contribution in [0.3, 0.4) is 0 Å². The average Bonchev–Trinajstić information content (AvgIpc) is 2.67. The fourth-order valence-electron chi connectivity index (χ4n) is 2.44. The SMILES string of the molecule is Cc1ccc(O)c(NC(=O)C(=O)Nc2ccc(Nc3ccccc3)cc2)c1. The summed E-state index contributed by atoms with van der Waals surface area (Å²) in [5.41, 5.74) is 3.34. The molecule has 3 aromatic carbocycles. The van der Waals surface area contributed by atoms with E-state index in [1.807, 2.05) is 37.3 Å². The zero-order chi connectivity index (χ0) is 19.2. The molecule has 3 rings (SSSR count). The van der Waals surface area contributed by atoms with E-state index in [1.165, 1.54) is 6.07 Å². The van der Waals surface area contributed by atoms with Gasteiger partial charge in [0.05, 0.1) is 5.69 Å². The maximum atomic E-state index is 12.1. The molecule has 6 nitrogen and oxygen atoms in total. The molecule has 0 heterocycles. The van der Waals surface area contributed by atoms with Crippen molar-refractivity contribution in [3.05, 3.63) is 78.4 Å². The Balaban J connectivity index is 1.60. The van der Waals surface area contributed by atoms with Gasteiger partial charge < -0.3 is 21.1 Å². The van der Waals surface area contributed by atoms with Gasteiger partial charge in [0.25, 0.3) is 0 Å². The summed E-state index contributed by atoms with van der Waals surface area (Å²) in [7, 11) is 0. The van der Waals surface area contributed by atoms with Gasteiger partial charge in [0.2, 0.25) is 0 Å². The van der Waals surface area contributed by atoms with Crippen LogP contribution in [-0.2, 0) is 9.59 Å². The first-order chi connectivity index (χ1) is 13.0. The fourth-order valence-corrected chi connectivity index (χ4v) is 2.44. The monoisotopic (exact) mass is 361 g/mol. The second kappa shape index (κ2) is 8.05. The average molecular weight is 361 g/mol. The minimum atomic E-state index is -0.859. The van der Waals surface area contributed by atoms with Crippen LogP contribution in [0.2, 0.25) is 0 Å². The molecule has 4 N–H and O–H groups in total. The van der Waals surface area contributed by atoms with Crippen LogP contribution in [-0.4, -0.2) is 16.9 Å². The summed E-state index contributed by atoms with van der Waals surface area (Å²) in [6.45, 7) is 1.82. The van der Waals surface area contributed by atoms with E-state index in [2.05, 4.69) is 16.0 Å². The predicted molar refractivity (Wildman–Crippen MR) is 106 cm³/mol. The van der Waals surface area contributed by atoms with Gasteiger partial charge in [-0.2, -0.15) is 0 Å². The lowest BCUT2D eigenvalue weighted by Gasteiger charge is -2.10. The molecule has 3 aromatic rings. The van der Waals surface area contributed by atoms with Crippen molar-refractivity contribution in [2.45, 2.75) is 6.92 Å². The second-order valence-corrected chi connectivity index (χ2v) is 6.00. The van der Waals surface area contributed by atoms with Gasteiger partial charge in [-0.1, -0.05) is 24.3 Å². The minimum Gasteiger partial charge on any atom is -0.506 e. The number of phenolic OH excluding ortho intramolecular Hbond substituents is 1. The Bertz CT molecular complexity index is 954. The van der Waals surface area contributed by atoms with Crippen molar-refractivity contribution < 1.29 is 14.7 Å². The summed E-state index contributed by atoms with van der Waals surface area (Å²) in [5, 5.41) is 17.9. The van der Waals surface area contributed by atoms with Crippen LogP contribution in [0.1, 0.15) is 5.56 Å². The maximum Gasteiger partial charge on any atom is 0.314 e. The smallest absolute Gasteiger partial charge is 0.314 e. The van der Waals surface area contributed by atoms with E-state index in [-0.39, 0.29) is 11.4 Å². The standard InChI is InChI=1S/C21H19N3O3/c1-14-7-12-19(25)18(13-14)24-21(27)20(26)23-17-10-8-16(9-11-17)22-15-5-3-2-4-6-15/h2-13,22,25H,1H3,(H,23,26)(H,24,27). The molecular formula is C21H19N3O3. The molecule has 0 radical (unpaired) electrons. The van der Waals surface area contributed by atoms with Crippen LogP contribution < -0.4 is 16.0 Å². The van der Waals surface area contributed by atoms with Gasteiger partial charge >= 0.3 is 11.8 Å². The third kappa shape index (κ3) is 4.85. The molecule has 0 bridgehead atoms. The number of carbonyl (C=O) groups is 2. The summed E-state index contributed by atoms with van der Waals surface area (Å²) in [6, 6.07) is 21.4. The molecule has 0 saturated heterocycles. The molecule has 0 aliphatic rings. The van der Waals surface area contributed by atoms with Crippen LogP contribution in [0, 0.1) is 6.92 Å². The number of aromatic hydroxyl groups is 1. The van der Waals surface area contributed by atoms with Crippen molar-refractivity contribution >= 4 is 34.6 Å². The number of para-hydroxylation sites is 1. The minimum absolute atomic E-state index is 0.0990. The number of amides is 2. The molecule has 0 spiro atoms. The van der Waals surface area contributed by atoms with Crippen LogP contribution >= 0.6 is 0 Å². The number of nitrogens with one attached hydrogen (secondary N) is 3. The van der Waals surface area contributed by atoms with Crippen molar-refractivity contribution in [1.82, 2.24) is 0 Å². The lowest BCUT2D eigenvalue weighted by molar-refractivity contribution is -0.133.